The van der Waals surface area contributed by atoms with E-state index < -0.39 is 0 Å². The van der Waals surface area contributed by atoms with Crippen molar-refractivity contribution in [3.05, 3.63) is 34.9 Å². The van der Waals surface area contributed by atoms with Gasteiger partial charge >= 0.3 is 0 Å². The van der Waals surface area contributed by atoms with E-state index in [-0.39, 0.29) is 5.78 Å². The third-order valence-electron chi connectivity index (χ3n) is 3.48. The van der Waals surface area contributed by atoms with Crippen LogP contribution in [0.15, 0.2) is 28.5 Å². The topological polar surface area (TPSA) is 94.4 Å². The van der Waals surface area contributed by atoms with Gasteiger partial charge < -0.3 is 9.68 Å². The first-order valence-electron chi connectivity index (χ1n) is 8.45. The van der Waals surface area contributed by atoms with Gasteiger partial charge in [-0.05, 0) is 56.4 Å². The number of unbranched alkanes of at least 4 members (excludes halogenated alkanes) is 3. The Kier molecular flexibility index (Phi) is 10.2. The van der Waals surface area contributed by atoms with Crippen molar-refractivity contribution < 1.29 is 24.1 Å². The molecule has 0 aliphatic carbocycles. The lowest BCUT2D eigenvalue weighted by molar-refractivity contribution is -0.111. The molecule has 0 aliphatic rings. The van der Waals surface area contributed by atoms with Gasteiger partial charge in [-0.3, -0.25) is 14.4 Å². The molecule has 0 amide bonds. The summed E-state index contributed by atoms with van der Waals surface area (Å²) in [6, 6.07) is 4.76. The number of carbonyl (C=O) groups is 3. The summed E-state index contributed by atoms with van der Waals surface area (Å²) in [6.07, 6.45) is 6.47. The van der Waals surface area contributed by atoms with Gasteiger partial charge in [0.2, 0.25) is 0 Å². The molecule has 0 N–H and O–H groups in total. The monoisotopic (exact) mass is 360 g/mol. The number of nitrogens with zero attached hydrogens (tertiary/aromatic N) is 2. The summed E-state index contributed by atoms with van der Waals surface area (Å²) in [5.41, 5.74) is 1.84. The first-order chi connectivity index (χ1) is 12.6. The van der Waals surface area contributed by atoms with Crippen molar-refractivity contribution in [2.45, 2.75) is 39.5 Å². The molecule has 1 aromatic carbocycles. The lowest BCUT2D eigenvalue weighted by Crippen LogP contribution is -2.05. The van der Waals surface area contributed by atoms with Crippen molar-refractivity contribution in [1.29, 1.82) is 0 Å². The Morgan fingerprint density at radius 3 is 1.96 bits per heavy atom. The van der Waals surface area contributed by atoms with Crippen molar-refractivity contribution >= 4 is 30.3 Å². The third kappa shape index (κ3) is 8.86. The van der Waals surface area contributed by atoms with Gasteiger partial charge in [0.25, 0.3) is 0 Å². The summed E-state index contributed by atoms with van der Waals surface area (Å²) < 4.78 is 0. The van der Waals surface area contributed by atoms with Crippen LogP contribution in [0.3, 0.4) is 0 Å². The van der Waals surface area contributed by atoms with Crippen LogP contribution < -0.4 is 0 Å². The summed E-state index contributed by atoms with van der Waals surface area (Å²) >= 11 is 0. The van der Waals surface area contributed by atoms with Crippen LogP contribution in [0.5, 0.6) is 0 Å². The number of ketones is 1. The molecule has 0 fully saturated rings. The highest BCUT2D eigenvalue weighted by Gasteiger charge is 1.99. The molecule has 0 saturated heterocycles. The first kappa shape index (κ1) is 21.2. The second-order valence-electron chi connectivity index (χ2n) is 5.72. The molecule has 0 aromatic heterocycles. The molecular weight excluding hydrogens is 336 g/mol. The molecule has 0 aliphatic heterocycles. The van der Waals surface area contributed by atoms with E-state index in [1.54, 1.807) is 19.1 Å². The maximum Gasteiger partial charge on any atom is 0.177 e. The van der Waals surface area contributed by atoms with Crippen LogP contribution in [0.2, 0.25) is 0 Å². The van der Waals surface area contributed by atoms with Crippen LogP contribution in [0.25, 0.3) is 0 Å². The maximum absolute atomic E-state index is 10.9. The molecule has 1 rings (SSSR count). The highest BCUT2D eigenvalue weighted by molar-refractivity contribution is 6.37. The van der Waals surface area contributed by atoms with Crippen molar-refractivity contribution in [3.63, 3.8) is 0 Å². The van der Waals surface area contributed by atoms with E-state index in [2.05, 4.69) is 10.3 Å². The number of oxime groups is 2. The van der Waals surface area contributed by atoms with Gasteiger partial charge in [-0.1, -0.05) is 10.3 Å². The van der Waals surface area contributed by atoms with E-state index in [1.807, 2.05) is 0 Å². The minimum Gasteiger partial charge on any atom is -0.396 e. The molecule has 0 unspecified atom stereocenters. The molecule has 0 radical (unpaired) electrons. The van der Waals surface area contributed by atoms with Gasteiger partial charge in [-0.25, -0.2) is 0 Å². The second-order valence-corrected chi connectivity index (χ2v) is 5.72. The van der Waals surface area contributed by atoms with E-state index in [1.165, 1.54) is 19.2 Å². The SMILES string of the molecule is CC(=O)/C(C)=N/OCCCCCCO/N=C\c1cc(C=O)cc(C=O)c1. The Balaban J connectivity index is 2.15. The Bertz CT molecular complexity index is 642. The zero-order chi connectivity index (χ0) is 19.2. The molecule has 0 atom stereocenters. The summed E-state index contributed by atoms with van der Waals surface area (Å²) in [7, 11) is 0. The van der Waals surface area contributed by atoms with Crippen LogP contribution in [0, 0.1) is 0 Å². The van der Waals surface area contributed by atoms with Gasteiger partial charge in [0, 0.05) is 18.1 Å². The second kappa shape index (κ2) is 12.5. The number of hydrogen-bond acceptors (Lipinski definition) is 7. The zero-order valence-corrected chi connectivity index (χ0v) is 15.1. The molecule has 7 heteroatoms. The van der Waals surface area contributed by atoms with Gasteiger partial charge in [-0.2, -0.15) is 0 Å². The highest BCUT2D eigenvalue weighted by atomic mass is 16.6. The summed E-state index contributed by atoms with van der Waals surface area (Å²) in [6.45, 7) is 4.03. The fraction of sp³-hybridized carbons (Fsp3) is 0.421. The van der Waals surface area contributed by atoms with Crippen LogP contribution >= 0.6 is 0 Å². The number of hydrogen-bond donors (Lipinski definition) is 0. The summed E-state index contributed by atoms with van der Waals surface area (Å²) in [4.78, 5) is 42.8. The van der Waals surface area contributed by atoms with E-state index >= 15 is 0 Å². The fourth-order valence-electron chi connectivity index (χ4n) is 1.96. The van der Waals surface area contributed by atoms with Crippen molar-refractivity contribution in [3.8, 4) is 0 Å². The van der Waals surface area contributed by atoms with Crippen molar-refractivity contribution in [2.24, 2.45) is 10.3 Å². The van der Waals surface area contributed by atoms with Gasteiger partial charge in [0.1, 0.15) is 31.5 Å². The molecule has 1 aromatic rings. The number of Topliss-reactive ketones (excluding diaryl/α,β-unsaturated/α-hetero) is 1. The molecule has 7 nitrogen and oxygen atoms in total. The molecule has 0 heterocycles. The van der Waals surface area contributed by atoms with Crippen LogP contribution in [-0.4, -0.2) is 43.5 Å². The van der Waals surface area contributed by atoms with E-state index in [4.69, 9.17) is 9.68 Å². The van der Waals surface area contributed by atoms with E-state index in [9.17, 15) is 14.4 Å². The molecule has 0 bridgehead atoms. The number of aldehydes is 2. The quantitative estimate of drug-likeness (QED) is 0.233. The van der Waals surface area contributed by atoms with Crippen LogP contribution in [0.4, 0.5) is 0 Å². The fourth-order valence-corrected chi connectivity index (χ4v) is 1.96. The average Bonchev–Trinajstić information content (AvgIpc) is 2.65. The first-order valence-corrected chi connectivity index (χ1v) is 8.45. The maximum atomic E-state index is 10.9. The largest absolute Gasteiger partial charge is 0.396 e. The normalized spacial score (nSPS) is 11.4. The number of benzene rings is 1. The Morgan fingerprint density at radius 1 is 0.885 bits per heavy atom. The Labute approximate surface area is 153 Å². The van der Waals surface area contributed by atoms with Gasteiger partial charge in [0.15, 0.2) is 5.78 Å². The van der Waals surface area contributed by atoms with E-state index in [0.29, 0.717) is 48.2 Å². The van der Waals surface area contributed by atoms with Gasteiger partial charge in [0.05, 0.1) is 6.21 Å². The summed E-state index contributed by atoms with van der Waals surface area (Å²) in [5.74, 6) is -0.0945. The predicted octanol–water partition coefficient (Wildman–Crippen LogP) is 3.20. The lowest BCUT2D eigenvalue weighted by atomic mass is 10.1. The lowest BCUT2D eigenvalue weighted by Gasteiger charge is -2.02. The Hall–Kier alpha value is -2.83. The molecule has 0 saturated carbocycles. The minimum atomic E-state index is -0.0945. The van der Waals surface area contributed by atoms with Gasteiger partial charge in [-0.15, -0.1) is 0 Å². The molecular formula is C19H24N2O5. The Morgan fingerprint density at radius 2 is 1.42 bits per heavy atom. The van der Waals surface area contributed by atoms with Crippen molar-refractivity contribution in [1.82, 2.24) is 0 Å². The number of carbonyl (C=O) groups excluding carboxylic acids is 3. The minimum absolute atomic E-state index is 0.0945. The standard InChI is InChI=1S/C19H24N2O5/c1-15(16(2)24)21-26-8-6-4-3-5-7-25-20-12-17-9-18(13-22)11-19(10-17)14-23/h9-14H,3-8H2,1-2H3/b20-12-,21-15+. The van der Waals surface area contributed by atoms with Crippen molar-refractivity contribution in [2.75, 3.05) is 13.2 Å². The highest BCUT2D eigenvalue weighted by Crippen LogP contribution is 2.06. The molecule has 26 heavy (non-hydrogen) atoms. The average molecular weight is 360 g/mol. The molecule has 140 valence electrons. The molecule has 0 spiro atoms. The van der Waals surface area contributed by atoms with Crippen LogP contribution in [-0.2, 0) is 14.5 Å². The predicted molar refractivity (Wildman–Crippen MR) is 99.0 cm³/mol. The third-order valence-corrected chi connectivity index (χ3v) is 3.48. The summed E-state index contributed by atoms with van der Waals surface area (Å²) in [5, 5.41) is 7.56. The van der Waals surface area contributed by atoms with Crippen LogP contribution in [0.1, 0.15) is 65.8 Å². The number of rotatable bonds is 13. The zero-order valence-electron chi connectivity index (χ0n) is 15.1. The van der Waals surface area contributed by atoms with E-state index in [0.717, 1.165) is 25.7 Å². The smallest absolute Gasteiger partial charge is 0.177 e.